The minimum absolute atomic E-state index is 0.258. The molecule has 3 nitrogen and oxygen atoms in total. The van der Waals surface area contributed by atoms with Crippen molar-refractivity contribution in [3.63, 3.8) is 0 Å². The maximum Gasteiger partial charge on any atom is 0.0687 e. The molecule has 13 heavy (non-hydrogen) atoms. The monoisotopic (exact) mass is 189 g/mol. The Morgan fingerprint density at radius 1 is 1.38 bits per heavy atom. The SMILES string of the molecule is CCC(COC)NCC(O)C(C)C. The zero-order valence-electron chi connectivity index (χ0n) is 9.21. The molecule has 0 radical (unpaired) electrons. The largest absolute Gasteiger partial charge is 0.392 e. The highest BCUT2D eigenvalue weighted by Gasteiger charge is 2.11. The molecule has 0 heterocycles. The molecule has 0 aliphatic carbocycles. The van der Waals surface area contributed by atoms with Gasteiger partial charge in [-0.15, -0.1) is 0 Å². The van der Waals surface area contributed by atoms with Crippen LogP contribution < -0.4 is 5.32 Å². The van der Waals surface area contributed by atoms with Crippen LogP contribution in [-0.4, -0.2) is 37.5 Å². The minimum Gasteiger partial charge on any atom is -0.392 e. The van der Waals surface area contributed by atoms with Crippen LogP contribution in [0.5, 0.6) is 0 Å². The maximum atomic E-state index is 9.54. The summed E-state index contributed by atoms with van der Waals surface area (Å²) in [6, 6.07) is 0.360. The summed E-state index contributed by atoms with van der Waals surface area (Å²) in [5.41, 5.74) is 0. The Balaban J connectivity index is 3.58. The normalized spacial score (nSPS) is 16.2. The van der Waals surface area contributed by atoms with E-state index in [9.17, 15) is 5.11 Å². The molecule has 2 N–H and O–H groups in total. The Kier molecular flexibility index (Phi) is 7.23. The van der Waals surface area contributed by atoms with Gasteiger partial charge in [0.05, 0.1) is 12.7 Å². The first-order chi connectivity index (χ1) is 6.11. The van der Waals surface area contributed by atoms with Gasteiger partial charge in [0.2, 0.25) is 0 Å². The highest BCUT2D eigenvalue weighted by atomic mass is 16.5. The van der Waals surface area contributed by atoms with Gasteiger partial charge in [-0.2, -0.15) is 0 Å². The molecule has 2 atom stereocenters. The van der Waals surface area contributed by atoms with Crippen LogP contribution in [0.15, 0.2) is 0 Å². The van der Waals surface area contributed by atoms with Gasteiger partial charge in [-0.1, -0.05) is 20.8 Å². The Morgan fingerprint density at radius 3 is 2.38 bits per heavy atom. The van der Waals surface area contributed by atoms with E-state index in [0.29, 0.717) is 25.1 Å². The van der Waals surface area contributed by atoms with Crippen LogP contribution in [0.25, 0.3) is 0 Å². The zero-order chi connectivity index (χ0) is 10.3. The number of ether oxygens (including phenoxy) is 1. The molecular weight excluding hydrogens is 166 g/mol. The van der Waals surface area contributed by atoms with E-state index in [1.54, 1.807) is 7.11 Å². The molecule has 0 saturated heterocycles. The van der Waals surface area contributed by atoms with Crippen molar-refractivity contribution >= 4 is 0 Å². The standard InChI is InChI=1S/C10H23NO2/c1-5-9(7-13-4)11-6-10(12)8(2)3/h8-12H,5-7H2,1-4H3. The van der Waals surface area contributed by atoms with Crippen molar-refractivity contribution < 1.29 is 9.84 Å². The fourth-order valence-electron chi connectivity index (χ4n) is 1.05. The first-order valence-electron chi connectivity index (χ1n) is 5.02. The smallest absolute Gasteiger partial charge is 0.0687 e. The highest BCUT2D eigenvalue weighted by Crippen LogP contribution is 2.00. The van der Waals surface area contributed by atoms with Crippen LogP contribution in [-0.2, 0) is 4.74 Å². The van der Waals surface area contributed by atoms with Crippen LogP contribution in [0.2, 0.25) is 0 Å². The zero-order valence-corrected chi connectivity index (χ0v) is 9.21. The van der Waals surface area contributed by atoms with E-state index in [-0.39, 0.29) is 6.10 Å². The number of nitrogens with one attached hydrogen (secondary N) is 1. The van der Waals surface area contributed by atoms with Gasteiger partial charge in [0, 0.05) is 19.7 Å². The number of methoxy groups -OCH3 is 1. The number of aliphatic hydroxyl groups is 1. The number of hydrogen-bond donors (Lipinski definition) is 2. The number of aliphatic hydroxyl groups excluding tert-OH is 1. The van der Waals surface area contributed by atoms with E-state index in [1.165, 1.54) is 0 Å². The minimum atomic E-state index is -0.258. The summed E-state index contributed by atoms with van der Waals surface area (Å²) in [4.78, 5) is 0. The molecule has 0 aliphatic heterocycles. The number of hydrogen-bond acceptors (Lipinski definition) is 3. The first-order valence-corrected chi connectivity index (χ1v) is 5.02. The molecule has 0 rings (SSSR count). The second kappa shape index (κ2) is 7.30. The van der Waals surface area contributed by atoms with Crippen molar-refractivity contribution in [2.75, 3.05) is 20.3 Å². The molecule has 3 heteroatoms. The van der Waals surface area contributed by atoms with Crippen LogP contribution >= 0.6 is 0 Å². The quantitative estimate of drug-likeness (QED) is 0.628. The summed E-state index contributed by atoms with van der Waals surface area (Å²) in [5, 5.41) is 12.8. The van der Waals surface area contributed by atoms with E-state index >= 15 is 0 Å². The van der Waals surface area contributed by atoms with Crippen molar-refractivity contribution in [3.05, 3.63) is 0 Å². The summed E-state index contributed by atoms with van der Waals surface area (Å²) in [6.45, 7) is 7.51. The Hall–Kier alpha value is -0.120. The average Bonchev–Trinajstić information content (AvgIpc) is 2.11. The molecule has 0 saturated carbocycles. The van der Waals surface area contributed by atoms with Crippen molar-refractivity contribution in [2.24, 2.45) is 5.92 Å². The summed E-state index contributed by atoms with van der Waals surface area (Å²) >= 11 is 0. The van der Waals surface area contributed by atoms with Crippen molar-refractivity contribution in [1.82, 2.24) is 5.32 Å². The lowest BCUT2D eigenvalue weighted by atomic mass is 10.1. The van der Waals surface area contributed by atoms with E-state index in [4.69, 9.17) is 4.74 Å². The molecule has 0 aromatic carbocycles. The molecule has 80 valence electrons. The predicted molar refractivity (Wildman–Crippen MR) is 54.8 cm³/mol. The van der Waals surface area contributed by atoms with Crippen molar-refractivity contribution in [1.29, 1.82) is 0 Å². The number of rotatable bonds is 7. The van der Waals surface area contributed by atoms with Gasteiger partial charge in [-0.05, 0) is 12.3 Å². The van der Waals surface area contributed by atoms with Gasteiger partial charge in [-0.25, -0.2) is 0 Å². The third kappa shape index (κ3) is 6.02. The molecule has 0 fully saturated rings. The molecule has 0 bridgehead atoms. The average molecular weight is 189 g/mol. The molecule has 0 amide bonds. The van der Waals surface area contributed by atoms with Crippen molar-refractivity contribution in [2.45, 2.75) is 39.3 Å². The van der Waals surface area contributed by atoms with Crippen LogP contribution in [0.4, 0.5) is 0 Å². The van der Waals surface area contributed by atoms with E-state index in [2.05, 4.69) is 12.2 Å². The lowest BCUT2D eigenvalue weighted by molar-refractivity contribution is 0.107. The lowest BCUT2D eigenvalue weighted by Gasteiger charge is -2.20. The van der Waals surface area contributed by atoms with Gasteiger partial charge >= 0.3 is 0 Å². The summed E-state index contributed by atoms with van der Waals surface area (Å²) in [7, 11) is 1.70. The summed E-state index contributed by atoms with van der Waals surface area (Å²) < 4.78 is 5.04. The highest BCUT2D eigenvalue weighted by molar-refractivity contribution is 4.69. The molecule has 0 aliphatic rings. The van der Waals surface area contributed by atoms with Crippen molar-refractivity contribution in [3.8, 4) is 0 Å². The Morgan fingerprint density at radius 2 is 2.00 bits per heavy atom. The fraction of sp³-hybridized carbons (Fsp3) is 1.00. The third-order valence-electron chi connectivity index (χ3n) is 2.25. The molecule has 0 aromatic rings. The van der Waals surface area contributed by atoms with Gasteiger partial charge in [-0.3, -0.25) is 0 Å². The summed E-state index contributed by atoms with van der Waals surface area (Å²) in [6.07, 6.45) is 0.768. The van der Waals surface area contributed by atoms with Gasteiger partial charge in [0.1, 0.15) is 0 Å². The van der Waals surface area contributed by atoms with Crippen LogP contribution in [0.3, 0.4) is 0 Å². The molecular formula is C10H23NO2. The van der Waals surface area contributed by atoms with Crippen LogP contribution in [0, 0.1) is 5.92 Å². The maximum absolute atomic E-state index is 9.54. The van der Waals surface area contributed by atoms with E-state index < -0.39 is 0 Å². The third-order valence-corrected chi connectivity index (χ3v) is 2.25. The topological polar surface area (TPSA) is 41.5 Å². The second-order valence-corrected chi connectivity index (χ2v) is 3.78. The van der Waals surface area contributed by atoms with Gasteiger partial charge < -0.3 is 15.2 Å². The second-order valence-electron chi connectivity index (χ2n) is 3.78. The molecule has 2 unspecified atom stereocenters. The van der Waals surface area contributed by atoms with Gasteiger partial charge in [0.15, 0.2) is 0 Å². The van der Waals surface area contributed by atoms with Gasteiger partial charge in [0.25, 0.3) is 0 Å². The van der Waals surface area contributed by atoms with E-state index in [0.717, 1.165) is 6.42 Å². The summed E-state index contributed by atoms with van der Waals surface area (Å²) in [5.74, 6) is 0.313. The first kappa shape index (κ1) is 12.9. The van der Waals surface area contributed by atoms with E-state index in [1.807, 2.05) is 13.8 Å². The predicted octanol–water partition coefficient (Wildman–Crippen LogP) is 1.02. The Bertz CT molecular complexity index is 117. The van der Waals surface area contributed by atoms with Crippen LogP contribution in [0.1, 0.15) is 27.2 Å². The fourth-order valence-corrected chi connectivity index (χ4v) is 1.05. The molecule has 0 aromatic heterocycles. The molecule has 0 spiro atoms. The lowest BCUT2D eigenvalue weighted by Crippen LogP contribution is -2.39. The Labute approximate surface area is 81.5 Å².